The van der Waals surface area contributed by atoms with Crippen molar-refractivity contribution in [2.75, 3.05) is 0 Å². The Balaban J connectivity index is -0.000000000246. The van der Waals surface area contributed by atoms with Crippen molar-refractivity contribution < 1.29 is 1610 Å². The van der Waals surface area contributed by atoms with Crippen LogP contribution in [0.1, 0.15) is 0 Å². The predicted octanol–water partition coefficient (Wildman–Crippen LogP) is -164. The van der Waals surface area contributed by atoms with E-state index in [9.17, 15) is 0 Å². The fourth-order valence-corrected chi connectivity index (χ4v) is 0. The summed E-state index contributed by atoms with van der Waals surface area (Å²) < 4.78 is 26.2. The van der Waals surface area contributed by atoms with Crippen LogP contribution < -0.4 is 1570 Å². The van der Waals surface area contributed by atoms with E-state index in [1.54, 1.807) is 0 Å². The molecule has 0 unspecified atom stereocenters. The summed E-state index contributed by atoms with van der Waals surface area (Å²) in [6.07, 6.45) is 0. The first-order chi connectivity index (χ1) is 5.20. The van der Waals surface area contributed by atoms with Gasteiger partial charge in [-0.15, -0.1) is 0 Å². The largest absolute Gasteiger partial charge is 1.00 e. The summed E-state index contributed by atoms with van der Waals surface area (Å²) in [6, 6.07) is 0. The Kier molecular flexibility index (Phi) is 2690. The predicted molar refractivity (Wildman–Crippen MR) is 32.6 cm³/mol. The third kappa shape index (κ3) is 559. The van der Waals surface area contributed by atoms with Crippen LogP contribution in [0.5, 0.6) is 0 Å². The zero-order chi connectivity index (χ0) is 10.7. The summed E-state index contributed by atoms with van der Waals surface area (Å²) in [5, 5.41) is 0. The van der Waals surface area contributed by atoms with Crippen LogP contribution in [0, 0.1) is 0 Å². The molecule has 0 rings (SSSR count). The van der Waals surface area contributed by atoms with E-state index in [1.807, 2.05) is 0 Å². The average Bonchev–Trinajstić information content (AvgIpc) is 1.54. The van der Waals surface area contributed by atoms with Gasteiger partial charge in [-0.25, -0.2) is 0 Å². The van der Waals surface area contributed by atoms with Crippen molar-refractivity contribution in [1.82, 2.24) is 0 Å². The van der Waals surface area contributed by atoms with Gasteiger partial charge in [0.25, 0.3) is 0 Å². The molecule has 0 heterocycles. The smallest absolute Gasteiger partial charge is 0.511 e. The zero-order valence-corrected chi connectivity index (χ0v) is 167. The molecule has 0 spiro atoms. The summed E-state index contributed by atoms with van der Waals surface area (Å²) in [6.45, 7) is 0. The number of hydrogen-bond donors (Lipinski definition) is 6. The quantitative estimate of drug-likeness (QED) is 0.129. The third-order valence-corrected chi connectivity index (χ3v) is 0. The van der Waals surface area contributed by atoms with Gasteiger partial charge in [-0.1, -0.05) is 0 Å². The van der Waals surface area contributed by atoms with Gasteiger partial charge in [-0.3, -0.25) is 13.4 Å². The van der Waals surface area contributed by atoms with Gasteiger partial charge in [-0.2, -0.15) is 0 Å². The molecule has 0 atom stereocenters. The van der Waals surface area contributed by atoms with Crippen LogP contribution in [-0.2, 0) is 13.4 Å². The van der Waals surface area contributed by atoms with Crippen molar-refractivity contribution in [1.29, 1.82) is 0 Å². The number of hydrogen-bond acceptors (Lipinski definition) is 3. The second-order valence-corrected chi connectivity index (χ2v) is 2.54. The second-order valence-electron chi connectivity index (χ2n) is 0.848. The molecule has 65 heavy (non-hydrogen) atoms. The maximum atomic E-state index is 8.74. The maximum Gasteiger partial charge on any atom is 1.00 e. The Morgan fingerprint density at radius 2 is 0.108 bits per heavy atom. The molecule has 9 nitrogen and oxygen atoms in total. The van der Waals surface area contributed by atoms with E-state index in [-0.39, 0.29) is 1570 Å². The zero-order valence-electron chi connectivity index (χ0n) is 58.4. The summed E-state index contributed by atoms with van der Waals surface area (Å²) >= 11 is 0. The summed E-state index contributed by atoms with van der Waals surface area (Å²) in [5.74, 6) is 0. The van der Waals surface area contributed by atoms with E-state index >= 15 is 0 Å². The van der Waals surface area contributed by atoms with Crippen LogP contribution >= 0.6 is 0 Å². The van der Waals surface area contributed by atoms with Gasteiger partial charge in [0.1, 0.15) is 0 Å². The molecule has 0 aromatic rings. The van der Waals surface area contributed by atoms with Crippen molar-refractivity contribution in [3.63, 3.8) is 0 Å². The summed E-state index contributed by atoms with van der Waals surface area (Å²) in [4.78, 5) is 42.9. The molecule has 0 aliphatic rings. The van der Waals surface area contributed by atoms with E-state index in [1.165, 1.54) is 0 Å². The van der Waals surface area contributed by atoms with E-state index in [0.29, 0.717) is 0 Å². The van der Waals surface area contributed by atoms with Crippen molar-refractivity contribution in [2.45, 2.75) is 0 Å². The third-order valence-electron chi connectivity index (χ3n) is 0. The van der Waals surface area contributed by atoms with Gasteiger partial charge in [0.2, 0.25) is 0 Å². The molecule has 0 aromatic carbocycles. The van der Waals surface area contributed by atoms with Crippen molar-refractivity contribution in [3.8, 4) is 0 Å². The minimum atomic E-state index is -3.13. The number of rotatable bonds is 0. The minimum Gasteiger partial charge on any atom is -0.511 e. The molecular formula is H6Na53O9Si3+53. The molecule has 6 N–H and O–H groups in total. The molecule has 0 saturated heterocycles. The molecular weight excluding hydrogens is 1450 g/mol. The van der Waals surface area contributed by atoms with E-state index in [0.717, 1.165) is 0 Å². The molecule has 0 aromatic heterocycles. The molecule has 0 saturated carbocycles. The Bertz CT molecular complexity index is 152. The van der Waals surface area contributed by atoms with Crippen LogP contribution in [-0.4, -0.2) is 56.3 Å². The molecule has 0 amide bonds. The molecule has 72 valence electrons. The van der Waals surface area contributed by atoms with Gasteiger partial charge in [0, 0.05) is 0 Å². The summed E-state index contributed by atoms with van der Waals surface area (Å²) in [7, 11) is -9.39. The van der Waals surface area contributed by atoms with Crippen LogP contribution in [0.4, 0.5) is 0 Å². The Hall–Kier alpha value is 51.9. The van der Waals surface area contributed by atoms with Crippen molar-refractivity contribution in [3.05, 3.63) is 0 Å². The monoisotopic (exact) mass is 1450 g/mol. The van der Waals surface area contributed by atoms with Gasteiger partial charge in [0.05, 0.1) is 0 Å². The van der Waals surface area contributed by atoms with Crippen LogP contribution in [0.15, 0.2) is 0 Å². The van der Waals surface area contributed by atoms with E-state index in [4.69, 9.17) is 42.2 Å². The first kappa shape index (κ1) is 424. The molecule has 0 bridgehead atoms. The Morgan fingerprint density at radius 3 is 0.108 bits per heavy atom. The first-order valence-electron chi connectivity index (χ1n) is 1.95. The first-order valence-corrected chi connectivity index (χ1v) is 5.86. The van der Waals surface area contributed by atoms with Gasteiger partial charge in [0.15, 0.2) is 0 Å². The van der Waals surface area contributed by atoms with Gasteiger partial charge >= 0.3 is 1590 Å². The van der Waals surface area contributed by atoms with Crippen molar-refractivity contribution in [2.24, 2.45) is 0 Å². The molecule has 0 radical (unpaired) electrons. The second kappa shape index (κ2) is 413. The fourth-order valence-electron chi connectivity index (χ4n) is 0. The minimum absolute atomic E-state index is 0. The fraction of sp³-hybridized carbons (Fsp3) is 0. The Morgan fingerprint density at radius 1 is 0.108 bits per heavy atom. The maximum absolute atomic E-state index is 8.74. The van der Waals surface area contributed by atoms with Crippen LogP contribution in [0.3, 0.4) is 0 Å². The Labute approximate surface area is 1580 Å². The molecule has 0 aliphatic carbocycles. The topological polar surface area (TPSA) is 173 Å². The molecule has 65 heteroatoms. The molecule has 0 fully saturated rings. The van der Waals surface area contributed by atoms with Crippen LogP contribution in [0.25, 0.3) is 0 Å². The normalized spacial score (nSPS) is 1.11. The van der Waals surface area contributed by atoms with Gasteiger partial charge < -0.3 is 28.8 Å². The standard InChI is InChI=1S/53Na.3H2O3Si/c;;;;;;;;;;;;;;;;;;;;;;;;;;;;;;;;;;;;;;;;;;;;;;;;;;;;;3*1-4(2)3/h;;;;;;;;;;;;;;;;;;;;;;;;;;;;;;;;;;;;;;;;;;;;;;;;;;;;;3*1-2H/q53*+1;;;. The summed E-state index contributed by atoms with van der Waals surface area (Å²) in [5.41, 5.74) is 0. The van der Waals surface area contributed by atoms with Crippen LogP contribution in [0.2, 0.25) is 0 Å². The van der Waals surface area contributed by atoms with Gasteiger partial charge in [-0.05, 0) is 0 Å². The molecule has 0 aliphatic heterocycles. The van der Waals surface area contributed by atoms with Crippen molar-refractivity contribution >= 4 is 27.5 Å². The van der Waals surface area contributed by atoms with E-state index in [2.05, 4.69) is 0 Å². The average molecular weight is 1450 g/mol. The SMILES string of the molecule is O=[Si](O)O.O=[Si](O)O.O=[Si](O)O.[Na+].[Na+].[Na+].[Na+].[Na+].[Na+].[Na+].[Na+].[Na+].[Na+].[Na+].[Na+].[Na+].[Na+].[Na+].[Na+].[Na+].[Na+].[Na+].[Na+].[Na+].[Na+].[Na+].[Na+].[Na+].[Na+].[Na+].[Na+].[Na+].[Na+].[Na+].[Na+].[Na+].[Na+].[Na+].[Na+].[Na+].[Na+].[Na+].[Na+].[Na+].[Na+].[Na+].[Na+].[Na+].[Na+].[Na+].[Na+].[Na+].[Na+].[Na+].[Na+].[Na+]. The van der Waals surface area contributed by atoms with E-state index < -0.39 is 27.5 Å².